The summed E-state index contributed by atoms with van der Waals surface area (Å²) < 4.78 is 0.780. The molecule has 1 saturated heterocycles. The fourth-order valence-corrected chi connectivity index (χ4v) is 3.48. The number of amides is 3. The van der Waals surface area contributed by atoms with E-state index in [1.807, 2.05) is 41.3 Å². The molecule has 1 aromatic carbocycles. The summed E-state index contributed by atoms with van der Waals surface area (Å²) >= 11 is 3.47. The molecule has 28 heavy (non-hydrogen) atoms. The maximum absolute atomic E-state index is 12.4. The summed E-state index contributed by atoms with van der Waals surface area (Å²) in [5.74, 6) is 0.426. The first-order valence-corrected chi connectivity index (χ1v) is 9.79. The minimum absolute atomic E-state index is 0.301. The smallest absolute Gasteiger partial charge is 0.325 e. The summed E-state index contributed by atoms with van der Waals surface area (Å²) in [4.78, 5) is 32.1. The molecule has 3 amide bonds. The molecule has 2 atom stereocenters. The van der Waals surface area contributed by atoms with E-state index in [4.69, 9.17) is 0 Å². The maximum Gasteiger partial charge on any atom is 0.325 e. The van der Waals surface area contributed by atoms with E-state index in [0.29, 0.717) is 18.4 Å². The average Bonchev–Trinajstić information content (AvgIpc) is 2.99. The number of carbonyl (C=O) groups is 2. The first kappa shape index (κ1) is 20.1. The van der Waals surface area contributed by atoms with Gasteiger partial charge in [0.1, 0.15) is 0 Å². The zero-order valence-corrected chi connectivity index (χ0v) is 17.5. The third-order valence-corrected chi connectivity index (χ3v) is 4.81. The fourth-order valence-electron chi connectivity index (χ4n) is 3.11. The van der Waals surface area contributed by atoms with Crippen molar-refractivity contribution in [3.63, 3.8) is 0 Å². The van der Waals surface area contributed by atoms with Gasteiger partial charge in [-0.1, -0.05) is 44.2 Å². The molecule has 9 heteroatoms. The van der Waals surface area contributed by atoms with Crippen molar-refractivity contribution in [1.29, 1.82) is 0 Å². The number of aliphatic imine (C=N–C) groups is 1. The Kier molecular flexibility index (Phi) is 6.13. The molecular formula is C19H23BrN6O2. The largest absolute Gasteiger partial charge is 0.325 e. The van der Waals surface area contributed by atoms with Gasteiger partial charge < -0.3 is 9.80 Å². The quantitative estimate of drug-likeness (QED) is 0.535. The van der Waals surface area contributed by atoms with Crippen LogP contribution in [0.4, 0.5) is 4.79 Å². The fraction of sp³-hybridized carbons (Fsp3) is 0.368. The van der Waals surface area contributed by atoms with Gasteiger partial charge in [0.25, 0.3) is 5.91 Å². The number of benzene rings is 1. The molecule has 0 saturated carbocycles. The predicted octanol–water partition coefficient (Wildman–Crippen LogP) is 2.20. The molecule has 0 bridgehead atoms. The second kappa shape index (κ2) is 8.55. The van der Waals surface area contributed by atoms with Crippen LogP contribution in [-0.4, -0.2) is 59.7 Å². The Balaban J connectivity index is 1.76. The Labute approximate surface area is 172 Å². The Morgan fingerprint density at radius 1 is 1.36 bits per heavy atom. The average molecular weight is 447 g/mol. The van der Waals surface area contributed by atoms with Crippen LogP contribution in [0.5, 0.6) is 0 Å². The van der Waals surface area contributed by atoms with Crippen molar-refractivity contribution in [3.8, 4) is 0 Å². The van der Waals surface area contributed by atoms with Crippen LogP contribution < -0.4 is 10.7 Å². The molecule has 2 heterocycles. The highest BCUT2D eigenvalue weighted by Gasteiger charge is 2.48. The van der Waals surface area contributed by atoms with Crippen molar-refractivity contribution < 1.29 is 9.59 Å². The van der Waals surface area contributed by atoms with Crippen LogP contribution in [-0.2, 0) is 4.79 Å². The zero-order chi connectivity index (χ0) is 20.3. The van der Waals surface area contributed by atoms with E-state index >= 15 is 0 Å². The molecule has 3 rings (SSSR count). The van der Waals surface area contributed by atoms with Crippen molar-refractivity contribution >= 4 is 46.1 Å². The predicted molar refractivity (Wildman–Crippen MR) is 113 cm³/mol. The molecular weight excluding hydrogens is 424 g/mol. The van der Waals surface area contributed by atoms with Crippen molar-refractivity contribution in [1.82, 2.24) is 20.5 Å². The van der Waals surface area contributed by atoms with E-state index in [0.717, 1.165) is 10.0 Å². The van der Waals surface area contributed by atoms with Crippen LogP contribution in [0, 0.1) is 5.92 Å². The van der Waals surface area contributed by atoms with Crippen molar-refractivity contribution in [2.75, 3.05) is 13.6 Å². The number of nitrogens with zero attached hydrogens (tertiary/aromatic N) is 4. The summed E-state index contributed by atoms with van der Waals surface area (Å²) in [5.41, 5.74) is 3.97. The minimum Gasteiger partial charge on any atom is -0.325 e. The van der Waals surface area contributed by atoms with Gasteiger partial charge in [0.05, 0.1) is 6.21 Å². The molecule has 1 fully saturated rings. The topological polar surface area (TPSA) is 89.4 Å². The van der Waals surface area contributed by atoms with E-state index in [-0.39, 0.29) is 5.91 Å². The first-order chi connectivity index (χ1) is 13.4. The summed E-state index contributed by atoms with van der Waals surface area (Å²) in [6.07, 6.45) is 2.99. The van der Waals surface area contributed by atoms with Crippen molar-refractivity contribution in [3.05, 3.63) is 40.4 Å². The number of urea groups is 1. The van der Waals surface area contributed by atoms with Gasteiger partial charge in [-0.3, -0.25) is 10.1 Å². The molecule has 2 aliphatic rings. The number of fused-ring (bicyclic) bond motifs is 1. The van der Waals surface area contributed by atoms with Gasteiger partial charge in [0.2, 0.25) is 5.96 Å². The number of likely N-dealkylation sites (N-methyl/N-ethyl adjacent to an activating group) is 1. The zero-order valence-electron chi connectivity index (χ0n) is 16.0. The Morgan fingerprint density at radius 3 is 2.75 bits per heavy atom. The number of allylic oxidation sites excluding steroid dienone is 1. The van der Waals surface area contributed by atoms with Crippen LogP contribution in [0.15, 0.2) is 44.9 Å². The molecule has 0 aliphatic carbocycles. The molecule has 0 radical (unpaired) electrons. The number of imide groups is 1. The van der Waals surface area contributed by atoms with Crippen LogP contribution in [0.2, 0.25) is 0 Å². The van der Waals surface area contributed by atoms with E-state index in [1.54, 1.807) is 13.3 Å². The van der Waals surface area contributed by atoms with Gasteiger partial charge in [-0.15, -0.1) is 0 Å². The lowest BCUT2D eigenvalue weighted by molar-refractivity contribution is -0.127. The van der Waals surface area contributed by atoms with Gasteiger partial charge >= 0.3 is 6.03 Å². The van der Waals surface area contributed by atoms with Crippen LogP contribution in [0.3, 0.4) is 0 Å². The number of rotatable bonds is 5. The minimum atomic E-state index is -0.569. The highest BCUT2D eigenvalue weighted by molar-refractivity contribution is 9.12. The third-order valence-electron chi connectivity index (χ3n) is 4.38. The molecule has 2 N–H and O–H groups in total. The normalized spacial score (nSPS) is 22.6. The van der Waals surface area contributed by atoms with E-state index in [2.05, 4.69) is 50.6 Å². The van der Waals surface area contributed by atoms with E-state index in [9.17, 15) is 9.59 Å². The molecule has 8 nitrogen and oxygen atoms in total. The van der Waals surface area contributed by atoms with Crippen LogP contribution in [0.25, 0.3) is 6.08 Å². The number of halogens is 1. The summed E-state index contributed by atoms with van der Waals surface area (Å²) in [5, 5.41) is 6.61. The third kappa shape index (κ3) is 4.41. The Hall–Kier alpha value is -2.68. The van der Waals surface area contributed by atoms with Gasteiger partial charge in [-0.05, 0) is 33.5 Å². The number of guanidine groups is 1. The Morgan fingerprint density at radius 2 is 2.07 bits per heavy atom. The van der Waals surface area contributed by atoms with E-state index in [1.165, 1.54) is 4.90 Å². The molecule has 2 aliphatic heterocycles. The van der Waals surface area contributed by atoms with Crippen molar-refractivity contribution in [2.24, 2.45) is 16.0 Å². The lowest BCUT2D eigenvalue weighted by atomic mass is 10.1. The van der Waals surface area contributed by atoms with Gasteiger partial charge in [0, 0.05) is 18.1 Å². The lowest BCUT2D eigenvalue weighted by Gasteiger charge is -2.36. The summed E-state index contributed by atoms with van der Waals surface area (Å²) in [7, 11) is 1.63. The van der Waals surface area contributed by atoms with Gasteiger partial charge in [-0.25, -0.2) is 15.2 Å². The highest BCUT2D eigenvalue weighted by Crippen LogP contribution is 2.24. The second-order valence-corrected chi connectivity index (χ2v) is 7.99. The summed E-state index contributed by atoms with van der Waals surface area (Å²) in [6, 6.07) is 8.85. The molecule has 1 aromatic rings. The van der Waals surface area contributed by atoms with Gasteiger partial charge in [-0.2, -0.15) is 5.10 Å². The number of hydrazone groups is 1. The number of carbonyl (C=O) groups excluding carboxylic acids is 2. The molecule has 0 aromatic heterocycles. The van der Waals surface area contributed by atoms with Crippen LogP contribution in [0.1, 0.15) is 19.4 Å². The number of nitrogens with one attached hydrogen (secondary N) is 2. The summed E-state index contributed by atoms with van der Waals surface area (Å²) in [6.45, 7) is 4.73. The second-order valence-electron chi connectivity index (χ2n) is 7.07. The standard InChI is InChI=1S/C19H23BrN6O2/c1-12(2)11-26-15-16(25(3)19(28)23-17(15)27)22-18(26)24-21-10-14(20)9-13-7-5-4-6-8-13/h4-10,12,15-16H,11H2,1-3H3,(H,22,24)(H,23,27,28)/b14-9-,21-10+. The molecule has 0 spiro atoms. The van der Waals surface area contributed by atoms with Crippen LogP contribution >= 0.6 is 15.9 Å². The highest BCUT2D eigenvalue weighted by atomic mass is 79.9. The molecule has 148 valence electrons. The number of hydrogen-bond donors (Lipinski definition) is 2. The van der Waals surface area contributed by atoms with E-state index < -0.39 is 18.2 Å². The van der Waals surface area contributed by atoms with Gasteiger partial charge in [0.15, 0.2) is 12.2 Å². The number of hydrogen-bond acceptors (Lipinski definition) is 6. The first-order valence-electron chi connectivity index (χ1n) is 9.00. The van der Waals surface area contributed by atoms with Crippen molar-refractivity contribution in [2.45, 2.75) is 26.1 Å². The SMILES string of the molecule is CC(C)CN1C(N/N=C/C(Br)=C/c2ccccc2)=NC2C1C(=O)NC(=O)N2C. The molecule has 2 unspecified atom stereocenters. The maximum atomic E-state index is 12.4. The monoisotopic (exact) mass is 446 g/mol. The Bertz CT molecular complexity index is 836. The lowest BCUT2D eigenvalue weighted by Crippen LogP contribution is -2.64.